The number of halogens is 1. The molecule has 9 heteroatoms. The second-order valence-corrected chi connectivity index (χ2v) is 5.28. The van der Waals surface area contributed by atoms with E-state index in [1.54, 1.807) is 6.07 Å². The van der Waals surface area contributed by atoms with Crippen molar-refractivity contribution in [3.63, 3.8) is 0 Å². The zero-order valence-electron chi connectivity index (χ0n) is 9.96. The van der Waals surface area contributed by atoms with E-state index in [-0.39, 0.29) is 28.7 Å². The number of nitrogens with zero attached hydrogens (tertiary/aromatic N) is 2. The molecule has 2 aromatic rings. The standard InChI is InChI=1S/C11H9N3O4S.ClH/c15-14(16)10-4-1-5-11(7-10)19(17,18)13-9-3-2-6-12-8-9;/h1-8,13H;1H. The molecule has 7 nitrogen and oxygen atoms in total. The van der Waals surface area contributed by atoms with E-state index in [0.717, 1.165) is 6.07 Å². The molecule has 2 rings (SSSR count). The van der Waals surface area contributed by atoms with Crippen molar-refractivity contribution in [2.45, 2.75) is 4.90 Å². The summed E-state index contributed by atoms with van der Waals surface area (Å²) in [5.74, 6) is 0. The fourth-order valence-corrected chi connectivity index (χ4v) is 2.48. The summed E-state index contributed by atoms with van der Waals surface area (Å²) in [5, 5.41) is 10.6. The van der Waals surface area contributed by atoms with Crippen LogP contribution in [-0.4, -0.2) is 18.3 Å². The maximum absolute atomic E-state index is 12.0. The van der Waals surface area contributed by atoms with Crippen molar-refractivity contribution in [1.82, 2.24) is 4.98 Å². The predicted molar refractivity (Wildman–Crippen MR) is 75.4 cm³/mol. The molecule has 0 spiro atoms. The average Bonchev–Trinajstić information content (AvgIpc) is 2.39. The first kappa shape index (κ1) is 15.9. The molecule has 1 aromatic carbocycles. The minimum atomic E-state index is -3.86. The van der Waals surface area contributed by atoms with Crippen LogP contribution >= 0.6 is 12.4 Å². The number of rotatable bonds is 4. The molecule has 0 fully saturated rings. The highest BCUT2D eigenvalue weighted by molar-refractivity contribution is 7.92. The molecule has 0 aliphatic rings. The van der Waals surface area contributed by atoms with Crippen molar-refractivity contribution in [3.05, 3.63) is 58.9 Å². The zero-order valence-corrected chi connectivity index (χ0v) is 11.6. The van der Waals surface area contributed by atoms with E-state index >= 15 is 0 Å². The van der Waals surface area contributed by atoms with Crippen LogP contribution in [0.4, 0.5) is 11.4 Å². The van der Waals surface area contributed by atoms with Crippen LogP contribution in [0.15, 0.2) is 53.7 Å². The van der Waals surface area contributed by atoms with Gasteiger partial charge in [0, 0.05) is 18.3 Å². The maximum Gasteiger partial charge on any atom is 0.270 e. The van der Waals surface area contributed by atoms with Crippen molar-refractivity contribution in [3.8, 4) is 0 Å². The molecule has 0 saturated heterocycles. The van der Waals surface area contributed by atoms with Gasteiger partial charge in [-0.05, 0) is 18.2 Å². The predicted octanol–water partition coefficient (Wildman–Crippen LogP) is 2.21. The number of nitrogens with one attached hydrogen (secondary N) is 1. The molecule has 0 radical (unpaired) electrons. The zero-order chi connectivity index (χ0) is 13.9. The molecule has 0 bridgehead atoms. The number of hydrogen-bond donors (Lipinski definition) is 1. The molecular formula is C11H10ClN3O4S. The first-order valence-corrected chi connectivity index (χ1v) is 6.65. The number of non-ortho nitro benzene ring substituents is 1. The van der Waals surface area contributed by atoms with E-state index in [1.165, 1.54) is 36.7 Å². The summed E-state index contributed by atoms with van der Waals surface area (Å²) in [6, 6.07) is 7.93. The minimum absolute atomic E-state index is 0. The summed E-state index contributed by atoms with van der Waals surface area (Å²) < 4.78 is 26.3. The number of hydrogen-bond acceptors (Lipinski definition) is 5. The Morgan fingerprint density at radius 3 is 2.55 bits per heavy atom. The summed E-state index contributed by atoms with van der Waals surface area (Å²) >= 11 is 0. The van der Waals surface area contributed by atoms with Crippen molar-refractivity contribution in [2.75, 3.05) is 4.72 Å². The Morgan fingerprint density at radius 2 is 1.95 bits per heavy atom. The largest absolute Gasteiger partial charge is 0.278 e. The SMILES string of the molecule is Cl.O=[N+]([O-])c1cccc(S(=O)(=O)Nc2cccnc2)c1. The molecule has 20 heavy (non-hydrogen) atoms. The minimum Gasteiger partial charge on any atom is -0.278 e. The van der Waals surface area contributed by atoms with Crippen molar-refractivity contribution >= 4 is 33.8 Å². The molecule has 0 aliphatic heterocycles. The van der Waals surface area contributed by atoms with E-state index < -0.39 is 14.9 Å². The van der Waals surface area contributed by atoms with Gasteiger partial charge in [0.15, 0.2) is 0 Å². The van der Waals surface area contributed by atoms with Gasteiger partial charge in [-0.1, -0.05) is 6.07 Å². The van der Waals surface area contributed by atoms with Crippen LogP contribution in [0.3, 0.4) is 0 Å². The number of sulfonamides is 1. The Kier molecular flexibility index (Phi) is 5.00. The summed E-state index contributed by atoms with van der Waals surface area (Å²) in [6.07, 6.45) is 2.85. The summed E-state index contributed by atoms with van der Waals surface area (Å²) in [5.41, 5.74) is 0.00284. The van der Waals surface area contributed by atoms with Gasteiger partial charge < -0.3 is 0 Å². The van der Waals surface area contributed by atoms with Gasteiger partial charge in [0.05, 0.1) is 21.7 Å². The Labute approximate surface area is 121 Å². The molecule has 0 aliphatic carbocycles. The van der Waals surface area contributed by atoms with E-state index in [2.05, 4.69) is 9.71 Å². The van der Waals surface area contributed by atoms with Gasteiger partial charge in [0.25, 0.3) is 15.7 Å². The number of benzene rings is 1. The fourth-order valence-electron chi connectivity index (χ4n) is 1.40. The molecule has 1 aromatic heterocycles. The van der Waals surface area contributed by atoms with Crippen LogP contribution in [0.25, 0.3) is 0 Å². The highest BCUT2D eigenvalue weighted by Gasteiger charge is 2.17. The monoisotopic (exact) mass is 315 g/mol. The maximum atomic E-state index is 12.0. The van der Waals surface area contributed by atoms with Crippen molar-refractivity contribution in [1.29, 1.82) is 0 Å². The third kappa shape index (κ3) is 3.65. The molecule has 1 N–H and O–H groups in total. The van der Waals surface area contributed by atoms with Crippen molar-refractivity contribution < 1.29 is 13.3 Å². The van der Waals surface area contributed by atoms with E-state index in [9.17, 15) is 18.5 Å². The summed E-state index contributed by atoms with van der Waals surface area (Å²) in [4.78, 5) is 13.6. The lowest BCUT2D eigenvalue weighted by Gasteiger charge is -2.07. The lowest BCUT2D eigenvalue weighted by atomic mass is 10.3. The third-order valence-electron chi connectivity index (χ3n) is 2.25. The Morgan fingerprint density at radius 1 is 1.20 bits per heavy atom. The van der Waals surface area contributed by atoms with Crippen LogP contribution in [0.2, 0.25) is 0 Å². The first-order chi connectivity index (χ1) is 8.99. The number of anilines is 1. The smallest absolute Gasteiger partial charge is 0.270 e. The molecule has 0 atom stereocenters. The van der Waals surface area contributed by atoms with Gasteiger partial charge >= 0.3 is 0 Å². The molecule has 106 valence electrons. The van der Waals surface area contributed by atoms with Crippen LogP contribution in [0.5, 0.6) is 0 Å². The van der Waals surface area contributed by atoms with Crippen LogP contribution in [0, 0.1) is 10.1 Å². The van der Waals surface area contributed by atoms with Gasteiger partial charge in [-0.15, -0.1) is 12.4 Å². The molecular weight excluding hydrogens is 306 g/mol. The van der Waals surface area contributed by atoms with Gasteiger partial charge in [-0.2, -0.15) is 0 Å². The van der Waals surface area contributed by atoms with Crippen LogP contribution < -0.4 is 4.72 Å². The summed E-state index contributed by atoms with van der Waals surface area (Å²) in [6.45, 7) is 0. The van der Waals surface area contributed by atoms with Gasteiger partial charge in [0.2, 0.25) is 0 Å². The average molecular weight is 316 g/mol. The topological polar surface area (TPSA) is 102 Å². The molecule has 0 unspecified atom stereocenters. The quantitative estimate of drug-likeness (QED) is 0.688. The number of nitro benzene ring substituents is 1. The Hall–Kier alpha value is -2.19. The first-order valence-electron chi connectivity index (χ1n) is 5.16. The number of nitro groups is 1. The normalized spacial score (nSPS) is 10.4. The number of aromatic nitrogens is 1. The van der Waals surface area contributed by atoms with E-state index in [1.807, 2.05) is 0 Å². The lowest BCUT2D eigenvalue weighted by Crippen LogP contribution is -2.13. The van der Waals surface area contributed by atoms with Gasteiger partial charge in [-0.3, -0.25) is 19.8 Å². The molecule has 0 saturated carbocycles. The number of pyridine rings is 1. The highest BCUT2D eigenvalue weighted by Crippen LogP contribution is 2.19. The van der Waals surface area contributed by atoms with Gasteiger partial charge in [-0.25, -0.2) is 8.42 Å². The van der Waals surface area contributed by atoms with E-state index in [0.29, 0.717) is 0 Å². The van der Waals surface area contributed by atoms with Crippen LogP contribution in [0.1, 0.15) is 0 Å². The van der Waals surface area contributed by atoms with E-state index in [4.69, 9.17) is 0 Å². The van der Waals surface area contributed by atoms with Crippen molar-refractivity contribution in [2.24, 2.45) is 0 Å². The second-order valence-electron chi connectivity index (χ2n) is 3.60. The van der Waals surface area contributed by atoms with Gasteiger partial charge in [0.1, 0.15) is 0 Å². The Bertz CT molecular complexity index is 707. The molecule has 1 heterocycles. The lowest BCUT2D eigenvalue weighted by molar-refractivity contribution is -0.385. The fraction of sp³-hybridized carbons (Fsp3) is 0. The third-order valence-corrected chi connectivity index (χ3v) is 3.63. The Balaban J connectivity index is 0.00000200. The van der Waals surface area contributed by atoms with Crippen LogP contribution in [-0.2, 0) is 10.0 Å². The summed E-state index contributed by atoms with van der Waals surface area (Å²) in [7, 11) is -3.86. The molecule has 0 amide bonds. The second kappa shape index (κ2) is 6.31. The highest BCUT2D eigenvalue weighted by atomic mass is 35.5.